The first-order chi connectivity index (χ1) is 9.29. The zero-order valence-electron chi connectivity index (χ0n) is 11.5. The van der Waals surface area contributed by atoms with Crippen LogP contribution in [0.2, 0.25) is 0 Å². The molecule has 0 bridgehead atoms. The first-order valence-electron chi connectivity index (χ1n) is 6.97. The van der Waals surface area contributed by atoms with E-state index in [-0.39, 0.29) is 6.04 Å². The molecule has 0 saturated carbocycles. The minimum absolute atomic E-state index is 0.148. The summed E-state index contributed by atoms with van der Waals surface area (Å²) in [5, 5.41) is 2.56. The summed E-state index contributed by atoms with van der Waals surface area (Å²) in [6.07, 6.45) is 1.07. The molecule has 2 heteroatoms. The molecule has 0 N–H and O–H groups in total. The summed E-state index contributed by atoms with van der Waals surface area (Å²) in [4.78, 5) is 4.77. The van der Waals surface area contributed by atoms with E-state index in [4.69, 9.17) is 9.73 Å². The maximum Gasteiger partial charge on any atom is 0.186 e. The lowest BCUT2D eigenvalue weighted by Crippen LogP contribution is -2.09. The summed E-state index contributed by atoms with van der Waals surface area (Å²) in [6.45, 7) is 5.01. The molecular weight excluding hydrogens is 234 g/mol. The van der Waals surface area contributed by atoms with Crippen LogP contribution in [-0.2, 0) is 4.74 Å². The molecule has 0 radical (unpaired) electrons. The molecule has 98 valence electrons. The maximum absolute atomic E-state index is 5.77. The SMILES string of the molecule is CCC(C)C1=N[C@@H](c2cccc3ccccc23)CO1. The molecule has 1 heterocycles. The number of rotatable bonds is 3. The summed E-state index contributed by atoms with van der Waals surface area (Å²) < 4.78 is 5.77. The van der Waals surface area contributed by atoms with Crippen LogP contribution < -0.4 is 0 Å². The fourth-order valence-corrected chi connectivity index (χ4v) is 2.54. The molecule has 2 aromatic carbocycles. The number of hydrogen-bond acceptors (Lipinski definition) is 2. The van der Waals surface area contributed by atoms with Crippen molar-refractivity contribution in [3.05, 3.63) is 48.0 Å². The van der Waals surface area contributed by atoms with Gasteiger partial charge in [0.15, 0.2) is 5.90 Å². The quantitative estimate of drug-likeness (QED) is 0.796. The number of hydrogen-bond donors (Lipinski definition) is 0. The van der Waals surface area contributed by atoms with Gasteiger partial charge in [-0.25, -0.2) is 4.99 Å². The molecule has 1 aliphatic rings. The van der Waals surface area contributed by atoms with E-state index in [1.165, 1.54) is 16.3 Å². The minimum atomic E-state index is 0.148. The molecule has 19 heavy (non-hydrogen) atoms. The average Bonchev–Trinajstić information content (AvgIpc) is 2.95. The van der Waals surface area contributed by atoms with Crippen molar-refractivity contribution in [3.63, 3.8) is 0 Å². The van der Waals surface area contributed by atoms with Gasteiger partial charge in [0, 0.05) is 5.92 Å². The summed E-state index contributed by atoms with van der Waals surface area (Å²) >= 11 is 0. The molecule has 2 aromatic rings. The largest absolute Gasteiger partial charge is 0.478 e. The second-order valence-corrected chi connectivity index (χ2v) is 5.17. The topological polar surface area (TPSA) is 21.6 Å². The molecular formula is C17H19NO. The van der Waals surface area contributed by atoms with Gasteiger partial charge >= 0.3 is 0 Å². The number of ether oxygens (including phenoxy) is 1. The van der Waals surface area contributed by atoms with Crippen molar-refractivity contribution >= 4 is 16.7 Å². The molecule has 1 unspecified atom stereocenters. The summed E-state index contributed by atoms with van der Waals surface area (Å²) in [6, 6.07) is 15.0. The molecule has 0 amide bonds. The van der Waals surface area contributed by atoms with Crippen LogP contribution in [0.25, 0.3) is 10.8 Å². The van der Waals surface area contributed by atoms with Gasteiger partial charge in [-0.3, -0.25) is 0 Å². The molecule has 0 saturated heterocycles. The average molecular weight is 253 g/mol. The first-order valence-corrected chi connectivity index (χ1v) is 6.97. The molecule has 0 spiro atoms. The zero-order valence-corrected chi connectivity index (χ0v) is 11.5. The van der Waals surface area contributed by atoms with Crippen molar-refractivity contribution < 1.29 is 4.74 Å². The highest BCUT2D eigenvalue weighted by Crippen LogP contribution is 2.31. The predicted octanol–water partition coefficient (Wildman–Crippen LogP) is 4.36. The maximum atomic E-state index is 5.77. The lowest BCUT2D eigenvalue weighted by molar-refractivity contribution is 0.300. The third-order valence-corrected chi connectivity index (χ3v) is 3.89. The van der Waals surface area contributed by atoms with Gasteiger partial charge in [-0.15, -0.1) is 0 Å². The fourth-order valence-electron chi connectivity index (χ4n) is 2.54. The fraction of sp³-hybridized carbons (Fsp3) is 0.353. The van der Waals surface area contributed by atoms with Gasteiger partial charge in [0.1, 0.15) is 12.6 Å². The Bertz CT molecular complexity index is 612. The van der Waals surface area contributed by atoms with Crippen LogP contribution in [0.1, 0.15) is 31.9 Å². The van der Waals surface area contributed by atoms with Crippen LogP contribution in [0.5, 0.6) is 0 Å². The van der Waals surface area contributed by atoms with Gasteiger partial charge in [-0.1, -0.05) is 56.3 Å². The number of nitrogens with zero attached hydrogens (tertiary/aromatic N) is 1. The van der Waals surface area contributed by atoms with Crippen LogP contribution in [-0.4, -0.2) is 12.5 Å². The van der Waals surface area contributed by atoms with Crippen molar-refractivity contribution in [2.45, 2.75) is 26.3 Å². The van der Waals surface area contributed by atoms with Crippen molar-refractivity contribution in [1.29, 1.82) is 0 Å². The van der Waals surface area contributed by atoms with Crippen LogP contribution >= 0.6 is 0 Å². The Labute approximate surface area is 114 Å². The van der Waals surface area contributed by atoms with E-state index < -0.39 is 0 Å². The second kappa shape index (κ2) is 5.04. The highest BCUT2D eigenvalue weighted by Gasteiger charge is 2.24. The monoisotopic (exact) mass is 253 g/mol. The van der Waals surface area contributed by atoms with Gasteiger partial charge in [-0.2, -0.15) is 0 Å². The molecule has 0 fully saturated rings. The Morgan fingerprint density at radius 3 is 2.84 bits per heavy atom. The lowest BCUT2D eigenvalue weighted by atomic mass is 10.00. The smallest absolute Gasteiger partial charge is 0.186 e. The standard InChI is InChI=1S/C17H19NO/c1-3-12(2)17-18-16(11-19-17)15-10-6-8-13-7-4-5-9-14(13)15/h4-10,12,16H,3,11H2,1-2H3/t12?,16-/m1/s1. The van der Waals surface area contributed by atoms with Crippen molar-refractivity contribution in [1.82, 2.24) is 0 Å². The van der Waals surface area contributed by atoms with Crippen LogP contribution in [0.3, 0.4) is 0 Å². The van der Waals surface area contributed by atoms with Crippen LogP contribution in [0, 0.1) is 5.92 Å². The summed E-state index contributed by atoms with van der Waals surface area (Å²) in [7, 11) is 0. The van der Waals surface area contributed by atoms with E-state index >= 15 is 0 Å². The van der Waals surface area contributed by atoms with Crippen molar-refractivity contribution in [3.8, 4) is 0 Å². The van der Waals surface area contributed by atoms with Gasteiger partial charge in [0.25, 0.3) is 0 Å². The Balaban J connectivity index is 2.00. The van der Waals surface area contributed by atoms with Gasteiger partial charge in [0.05, 0.1) is 0 Å². The van der Waals surface area contributed by atoms with Crippen LogP contribution in [0.4, 0.5) is 0 Å². The summed E-state index contributed by atoms with van der Waals surface area (Å²) in [5.74, 6) is 1.33. The third-order valence-electron chi connectivity index (χ3n) is 3.89. The van der Waals surface area contributed by atoms with Gasteiger partial charge < -0.3 is 4.74 Å². The predicted molar refractivity (Wildman–Crippen MR) is 79.5 cm³/mol. The van der Waals surface area contributed by atoms with E-state index in [1.54, 1.807) is 0 Å². The normalized spacial score (nSPS) is 20.1. The summed E-state index contributed by atoms with van der Waals surface area (Å²) in [5.41, 5.74) is 1.27. The van der Waals surface area contributed by atoms with E-state index in [0.29, 0.717) is 12.5 Å². The van der Waals surface area contributed by atoms with E-state index in [1.807, 2.05) is 0 Å². The lowest BCUT2D eigenvalue weighted by Gasteiger charge is -2.09. The van der Waals surface area contributed by atoms with Gasteiger partial charge in [-0.05, 0) is 22.8 Å². The third kappa shape index (κ3) is 2.23. The zero-order chi connectivity index (χ0) is 13.2. The van der Waals surface area contributed by atoms with Crippen molar-refractivity contribution in [2.24, 2.45) is 10.9 Å². The van der Waals surface area contributed by atoms with E-state index in [2.05, 4.69) is 56.3 Å². The molecule has 0 aromatic heterocycles. The minimum Gasteiger partial charge on any atom is -0.478 e. The highest BCUT2D eigenvalue weighted by molar-refractivity contribution is 5.87. The Morgan fingerprint density at radius 2 is 2.00 bits per heavy atom. The number of fused-ring (bicyclic) bond motifs is 1. The number of aliphatic imine (C=N–C) groups is 1. The van der Waals surface area contributed by atoms with E-state index in [0.717, 1.165) is 12.3 Å². The second-order valence-electron chi connectivity index (χ2n) is 5.17. The molecule has 2 atom stereocenters. The van der Waals surface area contributed by atoms with Gasteiger partial charge in [0.2, 0.25) is 0 Å². The molecule has 1 aliphatic heterocycles. The van der Waals surface area contributed by atoms with Crippen molar-refractivity contribution in [2.75, 3.05) is 6.61 Å². The van der Waals surface area contributed by atoms with Crippen LogP contribution in [0.15, 0.2) is 47.5 Å². The molecule has 3 rings (SSSR count). The first kappa shape index (κ1) is 12.2. The number of benzene rings is 2. The molecule has 0 aliphatic carbocycles. The molecule has 2 nitrogen and oxygen atoms in total. The Morgan fingerprint density at radius 1 is 1.21 bits per heavy atom. The highest BCUT2D eigenvalue weighted by atomic mass is 16.5. The Hall–Kier alpha value is -1.83. The Kier molecular flexibility index (Phi) is 3.24. The van der Waals surface area contributed by atoms with E-state index in [9.17, 15) is 0 Å².